The van der Waals surface area contributed by atoms with Crippen LogP contribution >= 0.6 is 0 Å². The van der Waals surface area contributed by atoms with Crippen LogP contribution < -0.4 is 5.73 Å². The van der Waals surface area contributed by atoms with Crippen LogP contribution in [0.5, 0.6) is 0 Å². The van der Waals surface area contributed by atoms with Crippen molar-refractivity contribution in [3.63, 3.8) is 0 Å². The molecule has 1 unspecified atom stereocenters. The third-order valence-corrected chi connectivity index (χ3v) is 2.83. The molecule has 1 amide bonds. The number of ether oxygens (including phenoxy) is 1. The molecule has 0 bridgehead atoms. The molecular weight excluding hydrogens is 254 g/mol. The van der Waals surface area contributed by atoms with Crippen molar-refractivity contribution in [2.75, 3.05) is 20.7 Å². The largest absolute Gasteiger partial charge is 0.380 e. The van der Waals surface area contributed by atoms with E-state index >= 15 is 0 Å². The number of carbonyl (C=O) groups is 1. The lowest BCUT2D eigenvalue weighted by Crippen LogP contribution is -2.33. The van der Waals surface area contributed by atoms with Crippen LogP contribution in [0.15, 0.2) is 18.2 Å². The number of halogens is 2. The van der Waals surface area contributed by atoms with Crippen molar-refractivity contribution in [3.8, 4) is 0 Å². The summed E-state index contributed by atoms with van der Waals surface area (Å²) in [6, 6.07) is 3.57. The van der Waals surface area contributed by atoms with Crippen molar-refractivity contribution in [3.05, 3.63) is 35.4 Å². The molecule has 2 N–H and O–H groups in total. The molecule has 0 radical (unpaired) electrons. The monoisotopic (exact) mass is 272 g/mol. The minimum Gasteiger partial charge on any atom is -0.380 e. The normalized spacial score (nSPS) is 12.3. The Labute approximate surface area is 111 Å². The second-order valence-electron chi connectivity index (χ2n) is 4.30. The Balaban J connectivity index is 2.60. The van der Waals surface area contributed by atoms with Crippen LogP contribution in [0.1, 0.15) is 12.0 Å². The molecular formula is C13H18F2N2O2. The zero-order valence-electron chi connectivity index (χ0n) is 11.0. The highest BCUT2D eigenvalue weighted by Crippen LogP contribution is 2.11. The SMILES string of the molecule is COC(CN)CC(=O)N(C)Cc1ccc(F)c(F)c1. The van der Waals surface area contributed by atoms with Gasteiger partial charge in [0.05, 0.1) is 12.5 Å². The lowest BCUT2D eigenvalue weighted by Gasteiger charge is -2.20. The van der Waals surface area contributed by atoms with E-state index in [0.717, 1.165) is 12.1 Å². The van der Waals surface area contributed by atoms with E-state index in [1.807, 2.05) is 0 Å². The summed E-state index contributed by atoms with van der Waals surface area (Å²) in [5.74, 6) is -1.99. The molecule has 1 aromatic carbocycles. The molecule has 1 aromatic rings. The highest BCUT2D eigenvalue weighted by molar-refractivity contribution is 5.76. The fourth-order valence-corrected chi connectivity index (χ4v) is 1.61. The molecule has 0 heterocycles. The lowest BCUT2D eigenvalue weighted by molar-refractivity contribution is -0.132. The zero-order chi connectivity index (χ0) is 14.4. The molecule has 1 atom stereocenters. The minimum absolute atomic E-state index is 0.160. The molecule has 4 nitrogen and oxygen atoms in total. The Morgan fingerprint density at radius 1 is 1.42 bits per heavy atom. The standard InChI is InChI=1S/C13H18F2N2O2/c1-17(13(18)6-10(7-16)19-2)8-9-3-4-11(14)12(15)5-9/h3-5,10H,6-8,16H2,1-2H3. The quantitative estimate of drug-likeness (QED) is 0.849. The van der Waals surface area contributed by atoms with Crippen molar-refractivity contribution in [1.29, 1.82) is 0 Å². The van der Waals surface area contributed by atoms with Crippen LogP contribution in [0.2, 0.25) is 0 Å². The molecule has 0 saturated heterocycles. The first kappa shape index (κ1) is 15.5. The predicted molar refractivity (Wildman–Crippen MR) is 67.3 cm³/mol. The highest BCUT2D eigenvalue weighted by atomic mass is 19.2. The number of benzene rings is 1. The molecule has 0 saturated carbocycles. The Morgan fingerprint density at radius 2 is 2.11 bits per heavy atom. The Kier molecular flexibility index (Phi) is 5.85. The summed E-state index contributed by atoms with van der Waals surface area (Å²) in [4.78, 5) is 13.3. The smallest absolute Gasteiger partial charge is 0.225 e. The van der Waals surface area contributed by atoms with E-state index in [1.165, 1.54) is 18.1 Å². The van der Waals surface area contributed by atoms with Gasteiger partial charge >= 0.3 is 0 Å². The number of nitrogens with zero attached hydrogens (tertiary/aromatic N) is 1. The summed E-state index contributed by atoms with van der Waals surface area (Å²) in [5.41, 5.74) is 5.96. The van der Waals surface area contributed by atoms with Gasteiger partial charge in [-0.1, -0.05) is 6.07 Å². The summed E-state index contributed by atoms with van der Waals surface area (Å²) in [6.07, 6.45) is -0.174. The predicted octanol–water partition coefficient (Wildman–Crippen LogP) is 1.29. The number of hydrogen-bond acceptors (Lipinski definition) is 3. The number of carbonyl (C=O) groups excluding carboxylic acids is 1. The molecule has 1 rings (SSSR count). The van der Waals surface area contributed by atoms with Crippen molar-refractivity contribution in [2.45, 2.75) is 19.1 Å². The summed E-state index contributed by atoms with van der Waals surface area (Å²) in [7, 11) is 3.08. The topological polar surface area (TPSA) is 55.6 Å². The molecule has 0 fully saturated rings. The summed E-state index contributed by atoms with van der Waals surface area (Å²) in [6.45, 7) is 0.457. The summed E-state index contributed by atoms with van der Waals surface area (Å²) < 4.78 is 30.8. The highest BCUT2D eigenvalue weighted by Gasteiger charge is 2.16. The van der Waals surface area contributed by atoms with Gasteiger partial charge in [0.1, 0.15) is 0 Å². The fraction of sp³-hybridized carbons (Fsp3) is 0.462. The Bertz CT molecular complexity index is 437. The van der Waals surface area contributed by atoms with E-state index in [0.29, 0.717) is 5.56 Å². The van der Waals surface area contributed by atoms with Crippen LogP contribution in [0.3, 0.4) is 0 Å². The third-order valence-electron chi connectivity index (χ3n) is 2.83. The van der Waals surface area contributed by atoms with Crippen molar-refractivity contribution in [1.82, 2.24) is 4.90 Å². The average Bonchev–Trinajstić information content (AvgIpc) is 2.39. The maximum absolute atomic E-state index is 13.0. The summed E-state index contributed by atoms with van der Waals surface area (Å²) in [5, 5.41) is 0. The first-order chi connectivity index (χ1) is 8.97. The van der Waals surface area contributed by atoms with Gasteiger partial charge in [-0.3, -0.25) is 4.79 Å². The van der Waals surface area contributed by atoms with Gasteiger partial charge in [-0.05, 0) is 17.7 Å². The van der Waals surface area contributed by atoms with Crippen LogP contribution in [0.4, 0.5) is 8.78 Å². The number of rotatable bonds is 6. The number of hydrogen-bond donors (Lipinski definition) is 1. The van der Waals surface area contributed by atoms with Gasteiger partial charge in [-0.15, -0.1) is 0 Å². The van der Waals surface area contributed by atoms with Crippen LogP contribution in [-0.2, 0) is 16.1 Å². The van der Waals surface area contributed by atoms with E-state index in [4.69, 9.17) is 10.5 Å². The molecule has 0 aromatic heterocycles. The zero-order valence-corrected chi connectivity index (χ0v) is 11.0. The molecule has 0 aliphatic heterocycles. The van der Waals surface area contributed by atoms with Gasteiger partial charge in [0, 0.05) is 27.2 Å². The maximum atomic E-state index is 13.0. The van der Waals surface area contributed by atoms with Gasteiger partial charge in [-0.2, -0.15) is 0 Å². The van der Waals surface area contributed by atoms with Crippen molar-refractivity contribution < 1.29 is 18.3 Å². The molecule has 0 aliphatic rings. The fourth-order valence-electron chi connectivity index (χ4n) is 1.61. The Hall–Kier alpha value is -1.53. The first-order valence-corrected chi connectivity index (χ1v) is 5.88. The van der Waals surface area contributed by atoms with E-state index in [1.54, 1.807) is 7.05 Å². The number of amides is 1. The molecule has 0 aliphatic carbocycles. The van der Waals surface area contributed by atoms with Gasteiger partial charge in [0.15, 0.2) is 11.6 Å². The van der Waals surface area contributed by atoms with Gasteiger partial charge < -0.3 is 15.4 Å². The molecule has 6 heteroatoms. The van der Waals surface area contributed by atoms with E-state index in [2.05, 4.69) is 0 Å². The first-order valence-electron chi connectivity index (χ1n) is 5.88. The molecule has 0 spiro atoms. The Morgan fingerprint density at radius 3 is 2.63 bits per heavy atom. The van der Waals surface area contributed by atoms with E-state index in [9.17, 15) is 13.6 Å². The van der Waals surface area contributed by atoms with Crippen LogP contribution in [-0.4, -0.2) is 37.6 Å². The van der Waals surface area contributed by atoms with Crippen LogP contribution in [0.25, 0.3) is 0 Å². The lowest BCUT2D eigenvalue weighted by atomic mass is 10.2. The molecule has 106 valence electrons. The maximum Gasteiger partial charge on any atom is 0.225 e. The van der Waals surface area contributed by atoms with Crippen molar-refractivity contribution >= 4 is 5.91 Å². The van der Waals surface area contributed by atoms with Gasteiger partial charge in [-0.25, -0.2) is 8.78 Å². The van der Waals surface area contributed by atoms with Gasteiger partial charge in [0.25, 0.3) is 0 Å². The van der Waals surface area contributed by atoms with E-state index < -0.39 is 11.6 Å². The average molecular weight is 272 g/mol. The molecule has 19 heavy (non-hydrogen) atoms. The summed E-state index contributed by atoms with van der Waals surface area (Å²) >= 11 is 0. The number of methoxy groups -OCH3 is 1. The minimum atomic E-state index is -0.921. The van der Waals surface area contributed by atoms with E-state index in [-0.39, 0.29) is 31.5 Å². The second-order valence-corrected chi connectivity index (χ2v) is 4.30. The third kappa shape index (κ3) is 4.57. The number of nitrogens with two attached hydrogens (primary N) is 1. The van der Waals surface area contributed by atoms with Gasteiger partial charge in [0.2, 0.25) is 5.91 Å². The van der Waals surface area contributed by atoms with Crippen LogP contribution in [0, 0.1) is 11.6 Å². The van der Waals surface area contributed by atoms with Crippen molar-refractivity contribution in [2.24, 2.45) is 5.73 Å². The second kappa shape index (κ2) is 7.16.